The van der Waals surface area contributed by atoms with Crippen LogP contribution < -0.4 is 16.0 Å². The van der Waals surface area contributed by atoms with Crippen LogP contribution in [0.4, 0.5) is 5.69 Å². The zero-order valence-electron chi connectivity index (χ0n) is 9.72. The maximum atomic E-state index is 11.5. The van der Waals surface area contributed by atoms with E-state index in [2.05, 4.69) is 16.0 Å². The fraction of sp³-hybridized carbons (Fsp3) is 0.273. The highest BCUT2D eigenvalue weighted by molar-refractivity contribution is 6.35. The van der Waals surface area contributed by atoms with Crippen molar-refractivity contribution in [3.05, 3.63) is 28.2 Å². The average molecular weight is 290 g/mol. The van der Waals surface area contributed by atoms with Crippen LogP contribution in [0.2, 0.25) is 10.0 Å². The zero-order valence-corrected chi connectivity index (χ0v) is 11.2. The second kappa shape index (κ2) is 7.20. The van der Waals surface area contributed by atoms with Gasteiger partial charge < -0.3 is 16.0 Å². The van der Waals surface area contributed by atoms with E-state index in [4.69, 9.17) is 23.2 Å². The third-order valence-electron chi connectivity index (χ3n) is 1.99. The van der Waals surface area contributed by atoms with Gasteiger partial charge in [-0.2, -0.15) is 0 Å². The summed E-state index contributed by atoms with van der Waals surface area (Å²) in [6.45, 7) is 0.0363. The molecular weight excluding hydrogens is 277 g/mol. The Labute approximate surface area is 115 Å². The molecule has 1 rings (SSSR count). The Kier molecular flexibility index (Phi) is 5.91. The zero-order chi connectivity index (χ0) is 13.5. The van der Waals surface area contributed by atoms with E-state index in [0.29, 0.717) is 15.7 Å². The van der Waals surface area contributed by atoms with E-state index in [0.717, 1.165) is 0 Å². The molecular formula is C11H13Cl2N3O2. The van der Waals surface area contributed by atoms with Crippen LogP contribution in [0, 0.1) is 0 Å². The SMILES string of the molecule is CNCC(=O)NCC(=O)Nc1cc(Cl)ccc1Cl. The number of hydrogen-bond acceptors (Lipinski definition) is 3. The third kappa shape index (κ3) is 4.91. The monoisotopic (exact) mass is 289 g/mol. The Morgan fingerprint density at radius 2 is 1.89 bits per heavy atom. The van der Waals surface area contributed by atoms with Crippen LogP contribution in [-0.4, -0.2) is 32.0 Å². The molecule has 0 saturated heterocycles. The molecule has 3 N–H and O–H groups in total. The Hall–Kier alpha value is -1.30. The first kappa shape index (κ1) is 14.8. The van der Waals surface area contributed by atoms with Crippen LogP contribution in [-0.2, 0) is 9.59 Å². The highest BCUT2D eigenvalue weighted by Crippen LogP contribution is 2.25. The van der Waals surface area contributed by atoms with Crippen LogP contribution in [0.1, 0.15) is 0 Å². The average Bonchev–Trinajstić information content (AvgIpc) is 2.32. The number of benzene rings is 1. The molecule has 0 aliphatic rings. The fourth-order valence-corrected chi connectivity index (χ4v) is 1.53. The summed E-state index contributed by atoms with van der Waals surface area (Å²) in [6.07, 6.45) is 0. The van der Waals surface area contributed by atoms with Gasteiger partial charge in [-0.05, 0) is 25.2 Å². The van der Waals surface area contributed by atoms with E-state index in [9.17, 15) is 9.59 Å². The molecule has 98 valence electrons. The van der Waals surface area contributed by atoms with Crippen molar-refractivity contribution in [1.29, 1.82) is 0 Å². The molecule has 0 heterocycles. The number of anilines is 1. The molecule has 0 aliphatic carbocycles. The molecule has 7 heteroatoms. The van der Waals surface area contributed by atoms with E-state index < -0.39 is 0 Å². The molecule has 18 heavy (non-hydrogen) atoms. The van der Waals surface area contributed by atoms with E-state index >= 15 is 0 Å². The lowest BCUT2D eigenvalue weighted by atomic mass is 10.3. The summed E-state index contributed by atoms with van der Waals surface area (Å²) in [5.74, 6) is -0.631. The van der Waals surface area contributed by atoms with Crippen molar-refractivity contribution in [3.8, 4) is 0 Å². The smallest absolute Gasteiger partial charge is 0.243 e. The van der Waals surface area contributed by atoms with Crippen molar-refractivity contribution in [2.75, 3.05) is 25.5 Å². The third-order valence-corrected chi connectivity index (χ3v) is 2.55. The highest BCUT2D eigenvalue weighted by Gasteiger charge is 2.07. The van der Waals surface area contributed by atoms with E-state index in [1.54, 1.807) is 19.2 Å². The Morgan fingerprint density at radius 3 is 2.56 bits per heavy atom. The van der Waals surface area contributed by atoms with Crippen LogP contribution in [0.3, 0.4) is 0 Å². The molecule has 0 aliphatic heterocycles. The predicted molar refractivity (Wildman–Crippen MR) is 72.0 cm³/mol. The molecule has 0 unspecified atom stereocenters. The molecule has 5 nitrogen and oxygen atoms in total. The summed E-state index contributed by atoms with van der Waals surface area (Å²) < 4.78 is 0. The topological polar surface area (TPSA) is 70.2 Å². The molecule has 0 fully saturated rings. The van der Waals surface area contributed by atoms with E-state index in [-0.39, 0.29) is 24.9 Å². The van der Waals surface area contributed by atoms with Crippen molar-refractivity contribution in [3.63, 3.8) is 0 Å². The molecule has 1 aromatic carbocycles. The lowest BCUT2D eigenvalue weighted by Crippen LogP contribution is -2.37. The molecule has 1 aromatic rings. The molecule has 0 saturated carbocycles. The maximum Gasteiger partial charge on any atom is 0.243 e. The van der Waals surface area contributed by atoms with Crippen molar-refractivity contribution in [2.45, 2.75) is 0 Å². The summed E-state index contributed by atoms with van der Waals surface area (Å²) in [7, 11) is 1.64. The van der Waals surface area contributed by atoms with Gasteiger partial charge in [-0.1, -0.05) is 23.2 Å². The predicted octanol–water partition coefficient (Wildman–Crippen LogP) is 1.27. The Bertz CT molecular complexity index is 452. The van der Waals surface area contributed by atoms with Gasteiger partial charge in [-0.3, -0.25) is 9.59 Å². The van der Waals surface area contributed by atoms with Gasteiger partial charge in [-0.25, -0.2) is 0 Å². The number of nitrogens with one attached hydrogen (secondary N) is 3. The van der Waals surface area contributed by atoms with Gasteiger partial charge in [0.1, 0.15) is 0 Å². The van der Waals surface area contributed by atoms with E-state index in [1.165, 1.54) is 6.07 Å². The standard InChI is InChI=1S/C11H13Cl2N3O2/c1-14-5-10(17)15-6-11(18)16-9-4-7(12)2-3-8(9)13/h2-4,14H,5-6H2,1H3,(H,15,17)(H,16,18). The fourth-order valence-electron chi connectivity index (χ4n) is 1.19. The number of likely N-dealkylation sites (N-methyl/N-ethyl adjacent to an activating group) is 1. The minimum atomic E-state index is -0.372. The van der Waals surface area contributed by atoms with Crippen LogP contribution in [0.25, 0.3) is 0 Å². The van der Waals surface area contributed by atoms with Gasteiger partial charge in [0.05, 0.1) is 23.8 Å². The number of amides is 2. The minimum Gasteiger partial charge on any atom is -0.346 e. The largest absolute Gasteiger partial charge is 0.346 e. The van der Waals surface area contributed by atoms with Crippen LogP contribution >= 0.6 is 23.2 Å². The first-order valence-corrected chi connectivity index (χ1v) is 5.94. The maximum absolute atomic E-state index is 11.5. The molecule has 0 aromatic heterocycles. The molecule has 0 bridgehead atoms. The van der Waals surface area contributed by atoms with Gasteiger partial charge >= 0.3 is 0 Å². The normalized spacial score (nSPS) is 9.94. The van der Waals surface area contributed by atoms with Crippen LogP contribution in [0.5, 0.6) is 0 Å². The number of halogens is 2. The summed E-state index contributed by atoms with van der Waals surface area (Å²) in [4.78, 5) is 22.7. The van der Waals surface area contributed by atoms with Crippen molar-refractivity contribution in [2.24, 2.45) is 0 Å². The van der Waals surface area contributed by atoms with Crippen LogP contribution in [0.15, 0.2) is 18.2 Å². The molecule has 2 amide bonds. The first-order chi connectivity index (χ1) is 8.52. The number of carbonyl (C=O) groups is 2. The second-order valence-electron chi connectivity index (χ2n) is 3.48. The minimum absolute atomic E-state index is 0.122. The number of hydrogen-bond donors (Lipinski definition) is 3. The summed E-state index contributed by atoms with van der Waals surface area (Å²) in [5, 5.41) is 8.53. The molecule has 0 radical (unpaired) electrons. The quantitative estimate of drug-likeness (QED) is 0.765. The Balaban J connectivity index is 2.49. The van der Waals surface area contributed by atoms with Gasteiger partial charge in [-0.15, -0.1) is 0 Å². The highest BCUT2D eigenvalue weighted by atomic mass is 35.5. The Morgan fingerprint density at radius 1 is 1.17 bits per heavy atom. The first-order valence-electron chi connectivity index (χ1n) is 5.19. The van der Waals surface area contributed by atoms with Crippen molar-refractivity contribution >= 4 is 40.7 Å². The summed E-state index contributed by atoms with van der Waals surface area (Å²) in [6, 6.07) is 4.74. The van der Waals surface area contributed by atoms with Crippen molar-refractivity contribution in [1.82, 2.24) is 10.6 Å². The molecule has 0 atom stereocenters. The van der Waals surface area contributed by atoms with Gasteiger partial charge in [0.25, 0.3) is 0 Å². The van der Waals surface area contributed by atoms with E-state index in [1.807, 2.05) is 0 Å². The number of carbonyl (C=O) groups excluding carboxylic acids is 2. The van der Waals surface area contributed by atoms with Crippen molar-refractivity contribution < 1.29 is 9.59 Å². The molecule has 0 spiro atoms. The summed E-state index contributed by atoms with van der Waals surface area (Å²) in [5.41, 5.74) is 0.414. The second-order valence-corrected chi connectivity index (χ2v) is 4.32. The lowest BCUT2D eigenvalue weighted by molar-refractivity contribution is -0.123. The summed E-state index contributed by atoms with van der Waals surface area (Å²) >= 11 is 11.7. The van der Waals surface area contributed by atoms with Gasteiger partial charge in [0, 0.05) is 5.02 Å². The van der Waals surface area contributed by atoms with Gasteiger partial charge in [0.2, 0.25) is 11.8 Å². The van der Waals surface area contributed by atoms with Gasteiger partial charge in [0.15, 0.2) is 0 Å². The number of rotatable bonds is 5. The lowest BCUT2D eigenvalue weighted by Gasteiger charge is -2.08.